The van der Waals surface area contributed by atoms with Crippen molar-refractivity contribution in [2.24, 2.45) is 0 Å². The lowest BCUT2D eigenvalue weighted by molar-refractivity contribution is -0.123. The zero-order valence-electron chi connectivity index (χ0n) is 14.2. The first kappa shape index (κ1) is 17.4. The Bertz CT molecular complexity index is 704. The first-order valence-corrected chi connectivity index (χ1v) is 7.58. The van der Waals surface area contributed by atoms with Crippen LogP contribution in [-0.4, -0.2) is 19.6 Å². The van der Waals surface area contributed by atoms with Crippen LogP contribution in [0, 0.1) is 13.8 Å². The minimum Gasteiger partial charge on any atom is -0.497 e. The molecule has 0 atom stereocenters. The van der Waals surface area contributed by atoms with Crippen LogP contribution >= 0.6 is 0 Å². The molecule has 0 radical (unpaired) electrons. The van der Waals surface area contributed by atoms with Gasteiger partial charge < -0.3 is 9.47 Å². The molecule has 0 aliphatic heterocycles. The van der Waals surface area contributed by atoms with E-state index in [0.717, 1.165) is 28.2 Å². The third-order valence-electron chi connectivity index (χ3n) is 3.55. The first-order valence-electron chi connectivity index (χ1n) is 7.58. The number of benzene rings is 2. The number of para-hydroxylation sites is 1. The van der Waals surface area contributed by atoms with Crippen LogP contribution in [-0.2, 0) is 4.79 Å². The summed E-state index contributed by atoms with van der Waals surface area (Å²) in [6, 6.07) is 13.2. The van der Waals surface area contributed by atoms with Gasteiger partial charge in [-0.2, -0.15) is 0 Å². The summed E-state index contributed by atoms with van der Waals surface area (Å²) in [5, 5.41) is 0. The number of methoxy groups -OCH3 is 1. The highest BCUT2D eigenvalue weighted by Gasteiger charge is 2.07. The fraction of sp³-hybridized carbons (Fsp3) is 0.211. The average molecular weight is 326 g/mol. The Morgan fingerprint density at radius 2 is 1.67 bits per heavy atom. The van der Waals surface area contributed by atoms with Crippen molar-refractivity contribution in [2.75, 3.05) is 13.7 Å². The van der Waals surface area contributed by atoms with Gasteiger partial charge in [-0.1, -0.05) is 24.8 Å². The van der Waals surface area contributed by atoms with Crippen molar-refractivity contribution < 1.29 is 14.3 Å². The molecule has 0 fully saturated rings. The van der Waals surface area contributed by atoms with Gasteiger partial charge in [0.1, 0.15) is 11.5 Å². The number of amides is 1. The maximum absolute atomic E-state index is 11.9. The number of aryl methyl sites for hydroxylation is 2. The third-order valence-corrected chi connectivity index (χ3v) is 3.55. The van der Waals surface area contributed by atoms with Gasteiger partial charge in [0.05, 0.1) is 12.8 Å². The van der Waals surface area contributed by atoms with Crippen molar-refractivity contribution in [3.63, 3.8) is 0 Å². The Balaban J connectivity index is 1.83. The normalized spacial score (nSPS) is 9.96. The average Bonchev–Trinajstić information content (AvgIpc) is 2.59. The van der Waals surface area contributed by atoms with Crippen LogP contribution in [0.1, 0.15) is 16.7 Å². The fourth-order valence-electron chi connectivity index (χ4n) is 2.21. The highest BCUT2D eigenvalue weighted by atomic mass is 16.5. The van der Waals surface area contributed by atoms with E-state index in [9.17, 15) is 4.79 Å². The Morgan fingerprint density at radius 1 is 1.04 bits per heavy atom. The predicted octanol–water partition coefficient (Wildman–Crippen LogP) is 2.98. The smallest absolute Gasteiger partial charge is 0.276 e. The molecule has 2 aromatic rings. The number of nitrogens with one attached hydrogen (secondary N) is 2. The van der Waals surface area contributed by atoms with E-state index in [-0.39, 0.29) is 12.5 Å². The molecule has 0 saturated heterocycles. The SMILES string of the molecule is C=C(NNC(=O)COc1c(C)cccc1C)c1ccc(OC)cc1. The highest BCUT2D eigenvalue weighted by molar-refractivity contribution is 5.78. The van der Waals surface area contributed by atoms with E-state index in [1.165, 1.54) is 0 Å². The summed E-state index contributed by atoms with van der Waals surface area (Å²) in [4.78, 5) is 11.9. The first-order chi connectivity index (χ1) is 11.5. The molecule has 5 heteroatoms. The molecule has 5 nitrogen and oxygen atoms in total. The summed E-state index contributed by atoms with van der Waals surface area (Å²) < 4.78 is 10.7. The van der Waals surface area contributed by atoms with Gasteiger partial charge in [0, 0.05) is 0 Å². The second-order valence-electron chi connectivity index (χ2n) is 5.39. The molecule has 24 heavy (non-hydrogen) atoms. The molecule has 0 aromatic heterocycles. The van der Waals surface area contributed by atoms with E-state index in [1.54, 1.807) is 7.11 Å². The Hall–Kier alpha value is -2.95. The Kier molecular flexibility index (Phi) is 5.84. The summed E-state index contributed by atoms with van der Waals surface area (Å²) >= 11 is 0. The zero-order chi connectivity index (χ0) is 17.5. The minimum atomic E-state index is -0.285. The van der Waals surface area contributed by atoms with Gasteiger partial charge in [0.15, 0.2) is 6.61 Å². The number of hydrazine groups is 1. The second-order valence-corrected chi connectivity index (χ2v) is 5.39. The predicted molar refractivity (Wildman–Crippen MR) is 94.7 cm³/mol. The van der Waals surface area contributed by atoms with Crippen LogP contribution in [0.2, 0.25) is 0 Å². The highest BCUT2D eigenvalue weighted by Crippen LogP contribution is 2.22. The maximum atomic E-state index is 11.9. The summed E-state index contributed by atoms with van der Waals surface area (Å²) in [7, 11) is 1.61. The number of hydrogen-bond acceptors (Lipinski definition) is 4. The van der Waals surface area contributed by atoms with E-state index in [0.29, 0.717) is 5.70 Å². The van der Waals surface area contributed by atoms with Crippen molar-refractivity contribution in [1.82, 2.24) is 10.9 Å². The van der Waals surface area contributed by atoms with Gasteiger partial charge in [0.2, 0.25) is 0 Å². The maximum Gasteiger partial charge on any atom is 0.276 e. The fourth-order valence-corrected chi connectivity index (χ4v) is 2.21. The van der Waals surface area contributed by atoms with E-state index in [2.05, 4.69) is 17.4 Å². The van der Waals surface area contributed by atoms with Crippen molar-refractivity contribution >= 4 is 11.6 Å². The van der Waals surface area contributed by atoms with Gasteiger partial charge in [-0.3, -0.25) is 15.6 Å². The zero-order valence-corrected chi connectivity index (χ0v) is 14.2. The second kappa shape index (κ2) is 8.06. The summed E-state index contributed by atoms with van der Waals surface area (Å²) in [5.41, 5.74) is 8.79. The summed E-state index contributed by atoms with van der Waals surface area (Å²) in [6.07, 6.45) is 0. The van der Waals surface area contributed by atoms with E-state index >= 15 is 0 Å². The number of ether oxygens (including phenoxy) is 2. The molecule has 2 rings (SSSR count). The summed E-state index contributed by atoms with van der Waals surface area (Å²) in [6.45, 7) is 7.71. The monoisotopic (exact) mass is 326 g/mol. The molecule has 0 bridgehead atoms. The lowest BCUT2D eigenvalue weighted by Crippen LogP contribution is -2.39. The largest absolute Gasteiger partial charge is 0.497 e. The molecule has 0 aliphatic rings. The molecular formula is C19H22N2O3. The molecule has 1 amide bonds. The van der Waals surface area contributed by atoms with Crippen LogP contribution in [0.3, 0.4) is 0 Å². The van der Waals surface area contributed by atoms with Crippen LogP contribution < -0.4 is 20.3 Å². The topological polar surface area (TPSA) is 59.6 Å². The molecule has 2 aromatic carbocycles. The summed E-state index contributed by atoms with van der Waals surface area (Å²) in [5.74, 6) is 1.21. The van der Waals surface area contributed by atoms with Crippen LogP contribution in [0.25, 0.3) is 5.70 Å². The Morgan fingerprint density at radius 3 is 2.25 bits per heavy atom. The van der Waals surface area contributed by atoms with Crippen molar-refractivity contribution in [2.45, 2.75) is 13.8 Å². The molecular weight excluding hydrogens is 304 g/mol. The van der Waals surface area contributed by atoms with Crippen LogP contribution in [0.15, 0.2) is 49.0 Å². The number of carbonyl (C=O) groups is 1. The number of rotatable bonds is 7. The number of carbonyl (C=O) groups excluding carboxylic acids is 1. The molecule has 0 spiro atoms. The molecule has 126 valence electrons. The van der Waals surface area contributed by atoms with Gasteiger partial charge >= 0.3 is 0 Å². The van der Waals surface area contributed by atoms with Gasteiger partial charge in [-0.25, -0.2) is 0 Å². The van der Waals surface area contributed by atoms with E-state index < -0.39 is 0 Å². The van der Waals surface area contributed by atoms with Crippen LogP contribution in [0.5, 0.6) is 11.5 Å². The van der Waals surface area contributed by atoms with Crippen LogP contribution in [0.4, 0.5) is 0 Å². The quantitative estimate of drug-likeness (QED) is 0.768. The van der Waals surface area contributed by atoms with Gasteiger partial charge in [-0.15, -0.1) is 0 Å². The molecule has 0 heterocycles. The van der Waals surface area contributed by atoms with Gasteiger partial charge in [0.25, 0.3) is 5.91 Å². The van der Waals surface area contributed by atoms with Crippen molar-refractivity contribution in [3.05, 3.63) is 65.7 Å². The van der Waals surface area contributed by atoms with E-state index in [1.807, 2.05) is 56.3 Å². The molecule has 0 aliphatic carbocycles. The molecule has 0 saturated carbocycles. The standard InChI is InChI=1S/C19H22N2O3/c1-13-6-5-7-14(2)19(13)24-12-18(22)21-20-15(3)16-8-10-17(23-4)11-9-16/h5-11,20H,3,12H2,1-2,4H3,(H,21,22). The van der Waals surface area contributed by atoms with Gasteiger partial charge in [-0.05, 0) is 54.8 Å². The molecule has 0 unspecified atom stereocenters. The Labute approximate surface area is 142 Å². The lowest BCUT2D eigenvalue weighted by atomic mass is 10.1. The lowest BCUT2D eigenvalue weighted by Gasteiger charge is -2.14. The van der Waals surface area contributed by atoms with E-state index in [4.69, 9.17) is 9.47 Å². The van der Waals surface area contributed by atoms with Crippen molar-refractivity contribution in [3.8, 4) is 11.5 Å². The molecule has 2 N–H and O–H groups in total. The third kappa shape index (κ3) is 4.52. The number of hydrogen-bond donors (Lipinski definition) is 2. The minimum absolute atomic E-state index is 0.0748. The van der Waals surface area contributed by atoms with Crippen molar-refractivity contribution in [1.29, 1.82) is 0 Å².